The highest BCUT2D eigenvalue weighted by Crippen LogP contribution is 2.39. The first-order valence-corrected chi connectivity index (χ1v) is 40.7. The third kappa shape index (κ3) is 36.8. The summed E-state index contributed by atoms with van der Waals surface area (Å²) in [6.45, 7) is 49.7. The number of hydrogen-bond donors (Lipinski definition) is 4. The molecule has 10 unspecified atom stereocenters. The van der Waals surface area contributed by atoms with E-state index in [2.05, 4.69) is 160 Å². The molecule has 5 saturated heterocycles. The van der Waals surface area contributed by atoms with Crippen molar-refractivity contribution >= 4 is 38.7 Å². The van der Waals surface area contributed by atoms with Gasteiger partial charge in [0.25, 0.3) is 0 Å². The summed E-state index contributed by atoms with van der Waals surface area (Å²) in [4.78, 5) is 0. The molecule has 5 rings (SSSR count). The molecular formula is C67H127IO14Si2. The molecule has 16 atom stereocenters. The van der Waals surface area contributed by atoms with Crippen molar-refractivity contribution in [1.82, 2.24) is 0 Å². The summed E-state index contributed by atoms with van der Waals surface area (Å²) in [5.41, 5.74) is 6.80. The van der Waals surface area contributed by atoms with E-state index >= 15 is 0 Å². The molecule has 0 aromatic heterocycles. The molecule has 5 aliphatic rings. The SMILES string of the molecule is C#CCCC(CC)O[C@@H]1OC(CC)[C@@H](C)[C@H](C)C1C.CC1(C)OCC(CCC#C[Si](C)(C)C)O1.CC1(C)OCC(CCI)O1.CC1(C)OCC(CCO)O1.CCC(CCC#C[Si](C)(C)C)O[C@@H]1OC(CC)[C@@H](C)[C@H](C)C1C.OCCC(O)CO. The van der Waals surface area contributed by atoms with Crippen LogP contribution in [0, 0.1) is 70.8 Å². The topological polar surface area (TPSA) is 173 Å². The molecule has 0 saturated carbocycles. The Kier molecular flexibility index (Phi) is 42.8. The van der Waals surface area contributed by atoms with Crippen molar-refractivity contribution in [3.05, 3.63) is 0 Å². The minimum Gasteiger partial charge on any atom is -0.396 e. The van der Waals surface area contributed by atoms with Crippen molar-refractivity contribution < 1.29 is 67.8 Å². The van der Waals surface area contributed by atoms with Gasteiger partial charge in [0, 0.05) is 48.7 Å². The molecule has 17 heteroatoms. The first-order chi connectivity index (χ1) is 39.1. The van der Waals surface area contributed by atoms with Gasteiger partial charge in [0.1, 0.15) is 16.1 Å². The Morgan fingerprint density at radius 2 is 0.917 bits per heavy atom. The Bertz CT molecular complexity index is 1830. The van der Waals surface area contributed by atoms with E-state index in [4.69, 9.17) is 74.2 Å². The fourth-order valence-electron chi connectivity index (χ4n) is 9.92. The molecule has 0 aromatic carbocycles. The van der Waals surface area contributed by atoms with Gasteiger partial charge in [0.2, 0.25) is 0 Å². The lowest BCUT2D eigenvalue weighted by molar-refractivity contribution is -0.265. The van der Waals surface area contributed by atoms with Gasteiger partial charge in [-0.3, -0.25) is 0 Å². The number of halogens is 1. The second-order valence-corrected chi connectivity index (χ2v) is 37.6. The molecule has 0 aromatic rings. The summed E-state index contributed by atoms with van der Waals surface area (Å²) in [6, 6.07) is 0. The number of aliphatic hydroxyl groups excluding tert-OH is 4. The molecule has 0 amide bonds. The van der Waals surface area contributed by atoms with Crippen LogP contribution in [0.5, 0.6) is 0 Å². The minimum absolute atomic E-state index is 0.0546. The van der Waals surface area contributed by atoms with Crippen LogP contribution in [-0.2, 0) is 47.4 Å². The molecule has 84 heavy (non-hydrogen) atoms. The predicted molar refractivity (Wildman–Crippen MR) is 357 cm³/mol. The molecule has 0 spiro atoms. The van der Waals surface area contributed by atoms with Gasteiger partial charge in [0.05, 0.1) is 75.3 Å². The fraction of sp³-hybridized carbons (Fsp3) is 0.910. The standard InChI is InChI=1S/C20H38O2Si.C17H30O2.C12H22O2Si.C7H13IO2.C7H14O3.C4H10O3/c1-9-18(13-11-12-14-23(6,7)8)21-20-17(5)15(3)16(4)19(10-2)22-20;1-7-10-11-15(8-2)18-17-14(6)12(4)13(5)16(9-3)19-17;1-12(2)13-10-11(14-12)8-6-7-9-15(3,4)5;2*1-7(2)9-5-6(10-7)3-4-8;5-2-1-4(7)3-6/h15-20H,9-11,13H2,1-8H3;1,12-17H,8-11H2,2-6H3;11H,6,8,10H2,1-5H3;6H,3-5H2,1-2H3;6,8H,3-5H2,1-2H3;4-7H,1-3H2/t15-,16-,17?,18?,19?,20+;12-,13-,14?,15?,16?,17+;;;;/m00..../s1. The maximum Gasteiger partial charge on any atom is 0.163 e. The zero-order valence-corrected chi connectivity index (χ0v) is 61.4. The van der Waals surface area contributed by atoms with Gasteiger partial charge in [-0.15, -0.1) is 35.3 Å². The van der Waals surface area contributed by atoms with E-state index in [1.54, 1.807) is 0 Å². The Labute approximate surface area is 530 Å². The smallest absolute Gasteiger partial charge is 0.163 e. The average Bonchev–Trinajstić information content (AvgIpc) is 3.12. The van der Waals surface area contributed by atoms with Gasteiger partial charge >= 0.3 is 0 Å². The van der Waals surface area contributed by atoms with E-state index in [0.29, 0.717) is 73.5 Å². The molecule has 494 valence electrons. The normalized spacial score (nSPS) is 30.3. The minimum atomic E-state index is -1.25. The third-order valence-corrected chi connectivity index (χ3v) is 18.3. The van der Waals surface area contributed by atoms with Crippen LogP contribution >= 0.6 is 22.6 Å². The van der Waals surface area contributed by atoms with E-state index in [1.807, 2.05) is 41.5 Å². The van der Waals surface area contributed by atoms with Crippen LogP contribution in [0.3, 0.4) is 0 Å². The zero-order valence-electron chi connectivity index (χ0n) is 57.2. The van der Waals surface area contributed by atoms with Crippen LogP contribution in [0.4, 0.5) is 0 Å². The molecule has 0 radical (unpaired) electrons. The van der Waals surface area contributed by atoms with Crippen LogP contribution in [0.2, 0.25) is 39.3 Å². The van der Waals surface area contributed by atoms with Crippen LogP contribution in [0.15, 0.2) is 0 Å². The van der Waals surface area contributed by atoms with E-state index in [9.17, 15) is 0 Å². The van der Waals surface area contributed by atoms with E-state index < -0.39 is 33.8 Å². The summed E-state index contributed by atoms with van der Waals surface area (Å²) in [7, 11) is -2.45. The van der Waals surface area contributed by atoms with Crippen molar-refractivity contribution in [3.8, 4) is 35.3 Å². The second-order valence-electron chi connectivity index (χ2n) is 27.0. The van der Waals surface area contributed by atoms with Crippen molar-refractivity contribution in [2.75, 3.05) is 44.1 Å². The van der Waals surface area contributed by atoms with Gasteiger partial charge in [-0.1, -0.05) is 131 Å². The molecule has 0 aliphatic carbocycles. The largest absolute Gasteiger partial charge is 0.396 e. The maximum atomic E-state index is 8.56. The number of rotatable bonds is 21. The monoisotopic (exact) mass is 1340 g/mol. The lowest BCUT2D eigenvalue weighted by Gasteiger charge is -2.44. The summed E-state index contributed by atoms with van der Waals surface area (Å²) in [6.07, 6.45) is 18.0. The van der Waals surface area contributed by atoms with Crippen LogP contribution in [0.25, 0.3) is 0 Å². The second kappa shape index (κ2) is 43.1. The molecule has 5 heterocycles. The van der Waals surface area contributed by atoms with Crippen LogP contribution in [-0.4, -0.2) is 159 Å². The van der Waals surface area contributed by atoms with Crippen LogP contribution in [0.1, 0.15) is 194 Å². The summed E-state index contributed by atoms with van der Waals surface area (Å²) < 4.78 is 58.9. The Balaban J connectivity index is 0.00000103. The van der Waals surface area contributed by atoms with Gasteiger partial charge in [-0.2, -0.15) is 0 Å². The summed E-state index contributed by atoms with van der Waals surface area (Å²) in [5, 5.41) is 33.2. The summed E-state index contributed by atoms with van der Waals surface area (Å²) in [5.74, 6) is 11.5. The van der Waals surface area contributed by atoms with Crippen molar-refractivity contribution in [3.63, 3.8) is 0 Å². The zero-order chi connectivity index (χ0) is 64.5. The Hall–Kier alpha value is -0.716. The Morgan fingerprint density at radius 3 is 1.21 bits per heavy atom. The highest BCUT2D eigenvalue weighted by molar-refractivity contribution is 14.1. The Morgan fingerprint density at radius 1 is 0.536 bits per heavy atom. The van der Waals surface area contributed by atoms with Gasteiger partial charge in [0.15, 0.2) is 29.9 Å². The molecule has 5 fully saturated rings. The number of alkyl halides is 1. The van der Waals surface area contributed by atoms with Crippen molar-refractivity contribution in [2.45, 2.75) is 312 Å². The van der Waals surface area contributed by atoms with Gasteiger partial charge in [-0.05, 0) is 129 Å². The van der Waals surface area contributed by atoms with E-state index in [1.165, 1.54) is 0 Å². The highest BCUT2D eigenvalue weighted by atomic mass is 127. The first-order valence-electron chi connectivity index (χ1n) is 32.2. The van der Waals surface area contributed by atoms with E-state index in [0.717, 1.165) is 81.7 Å². The van der Waals surface area contributed by atoms with Crippen LogP contribution < -0.4 is 0 Å². The molecule has 4 N–H and O–H groups in total. The number of aliphatic hydroxyl groups is 4. The number of hydrogen-bond acceptors (Lipinski definition) is 14. The quantitative estimate of drug-likeness (QED) is 0.0370. The molecule has 5 aliphatic heterocycles. The first kappa shape index (κ1) is 83.3. The average molecular weight is 1340 g/mol. The number of ether oxygens (including phenoxy) is 10. The van der Waals surface area contributed by atoms with Crippen molar-refractivity contribution in [1.29, 1.82) is 0 Å². The lowest BCUT2D eigenvalue weighted by atomic mass is 9.78. The van der Waals surface area contributed by atoms with Crippen molar-refractivity contribution in [2.24, 2.45) is 35.5 Å². The fourth-order valence-corrected chi connectivity index (χ4v) is 11.9. The highest BCUT2D eigenvalue weighted by Gasteiger charge is 2.41. The van der Waals surface area contributed by atoms with Gasteiger partial charge in [-0.25, -0.2) is 0 Å². The molecular weight excluding hydrogens is 1210 g/mol. The van der Waals surface area contributed by atoms with E-state index in [-0.39, 0.29) is 69.0 Å². The van der Waals surface area contributed by atoms with Gasteiger partial charge < -0.3 is 67.8 Å². The number of terminal acetylenes is 1. The predicted octanol–water partition coefficient (Wildman–Crippen LogP) is 13.7. The molecule has 0 bridgehead atoms. The molecule has 14 nitrogen and oxygen atoms in total. The third-order valence-electron chi connectivity index (χ3n) is 15.8. The lowest BCUT2D eigenvalue weighted by Crippen LogP contribution is -2.46. The maximum absolute atomic E-state index is 8.56. The summed E-state index contributed by atoms with van der Waals surface area (Å²) >= 11 is 2.35.